The number of benzene rings is 2. The summed E-state index contributed by atoms with van der Waals surface area (Å²) in [5.41, 5.74) is 3.70. The van der Waals surface area contributed by atoms with Crippen LogP contribution in [0.15, 0.2) is 54.6 Å². The number of hydrogen-bond acceptors (Lipinski definition) is 2. The van der Waals surface area contributed by atoms with Crippen molar-refractivity contribution in [1.82, 2.24) is 0 Å². The fourth-order valence-electron chi connectivity index (χ4n) is 3.59. The largest absolute Gasteiger partial charge is 0.469 e. The SMILES string of the molecule is COC(=O)[C@@H]1Cc2ccccc2[C@@](C)(c2ccccc2)C1. The van der Waals surface area contributed by atoms with Gasteiger partial charge in [0.1, 0.15) is 0 Å². The molecule has 0 amide bonds. The molecule has 2 atom stereocenters. The molecule has 2 heteroatoms. The molecule has 0 aromatic heterocycles. The molecular formula is C19H20O2. The summed E-state index contributed by atoms with van der Waals surface area (Å²) < 4.78 is 4.99. The Bertz CT molecular complexity index is 648. The number of methoxy groups -OCH3 is 1. The van der Waals surface area contributed by atoms with Crippen LogP contribution in [0.3, 0.4) is 0 Å². The van der Waals surface area contributed by atoms with Crippen molar-refractivity contribution in [2.45, 2.75) is 25.2 Å². The van der Waals surface area contributed by atoms with E-state index in [1.54, 1.807) is 0 Å². The second-order valence-electron chi connectivity index (χ2n) is 5.98. The van der Waals surface area contributed by atoms with Crippen molar-refractivity contribution in [3.05, 3.63) is 71.3 Å². The number of esters is 1. The first kappa shape index (κ1) is 13.9. The minimum Gasteiger partial charge on any atom is -0.469 e. The van der Waals surface area contributed by atoms with Gasteiger partial charge in [-0.2, -0.15) is 0 Å². The summed E-state index contributed by atoms with van der Waals surface area (Å²) in [7, 11) is 1.47. The van der Waals surface area contributed by atoms with Crippen molar-refractivity contribution >= 4 is 5.97 Å². The van der Waals surface area contributed by atoms with Crippen molar-refractivity contribution in [1.29, 1.82) is 0 Å². The highest BCUT2D eigenvalue weighted by atomic mass is 16.5. The third-order valence-electron chi connectivity index (χ3n) is 4.68. The van der Waals surface area contributed by atoms with Crippen LogP contribution in [0.5, 0.6) is 0 Å². The summed E-state index contributed by atoms with van der Waals surface area (Å²) in [6.45, 7) is 2.23. The zero-order valence-electron chi connectivity index (χ0n) is 12.5. The summed E-state index contributed by atoms with van der Waals surface area (Å²) in [5, 5.41) is 0. The molecule has 0 spiro atoms. The minimum atomic E-state index is -0.144. The van der Waals surface area contributed by atoms with E-state index in [0.29, 0.717) is 0 Å². The Labute approximate surface area is 125 Å². The van der Waals surface area contributed by atoms with Crippen LogP contribution in [-0.2, 0) is 21.4 Å². The molecule has 0 saturated heterocycles. The molecule has 2 aromatic carbocycles. The number of rotatable bonds is 2. The quantitative estimate of drug-likeness (QED) is 0.784. The number of carbonyl (C=O) groups excluding carboxylic acids is 1. The van der Waals surface area contributed by atoms with Crippen LogP contribution in [0.4, 0.5) is 0 Å². The average molecular weight is 280 g/mol. The highest BCUT2D eigenvalue weighted by Crippen LogP contribution is 2.44. The summed E-state index contributed by atoms with van der Waals surface area (Å²) >= 11 is 0. The van der Waals surface area contributed by atoms with E-state index < -0.39 is 0 Å². The summed E-state index contributed by atoms with van der Waals surface area (Å²) in [6, 6.07) is 18.9. The molecule has 3 rings (SSSR count). The number of hydrogen-bond donors (Lipinski definition) is 0. The molecule has 0 unspecified atom stereocenters. The number of fused-ring (bicyclic) bond motifs is 1. The van der Waals surface area contributed by atoms with E-state index in [1.807, 2.05) is 12.1 Å². The van der Waals surface area contributed by atoms with Gasteiger partial charge in [0.15, 0.2) is 0 Å². The standard InChI is InChI=1S/C19H20O2/c1-19(16-9-4-3-5-10-16)13-15(18(20)21-2)12-14-8-6-7-11-17(14)19/h3-11,15H,12-13H2,1-2H3/t15-,19-/m1/s1. The van der Waals surface area contributed by atoms with E-state index in [1.165, 1.54) is 23.8 Å². The Kier molecular flexibility index (Phi) is 3.54. The molecule has 0 heterocycles. The lowest BCUT2D eigenvalue weighted by Crippen LogP contribution is -2.37. The lowest BCUT2D eigenvalue weighted by atomic mass is 9.64. The van der Waals surface area contributed by atoms with E-state index in [-0.39, 0.29) is 17.3 Å². The number of ether oxygens (including phenoxy) is 1. The van der Waals surface area contributed by atoms with Crippen molar-refractivity contribution in [2.75, 3.05) is 7.11 Å². The first-order valence-electron chi connectivity index (χ1n) is 7.37. The maximum Gasteiger partial charge on any atom is 0.309 e. The van der Waals surface area contributed by atoms with E-state index in [2.05, 4.69) is 49.4 Å². The van der Waals surface area contributed by atoms with Gasteiger partial charge in [-0.15, -0.1) is 0 Å². The van der Waals surface area contributed by atoms with Crippen LogP contribution < -0.4 is 0 Å². The topological polar surface area (TPSA) is 26.3 Å². The highest BCUT2D eigenvalue weighted by Gasteiger charge is 2.40. The van der Waals surface area contributed by atoms with Crippen LogP contribution in [0.1, 0.15) is 30.0 Å². The predicted octanol–water partition coefficient (Wildman–Crippen LogP) is 3.73. The molecule has 2 aromatic rings. The molecule has 0 bridgehead atoms. The van der Waals surface area contributed by atoms with Gasteiger partial charge in [0.05, 0.1) is 13.0 Å². The third-order valence-corrected chi connectivity index (χ3v) is 4.68. The predicted molar refractivity (Wildman–Crippen MR) is 83.2 cm³/mol. The van der Waals surface area contributed by atoms with Crippen LogP contribution in [0.2, 0.25) is 0 Å². The van der Waals surface area contributed by atoms with E-state index in [4.69, 9.17) is 4.74 Å². The zero-order valence-corrected chi connectivity index (χ0v) is 12.5. The minimum absolute atomic E-state index is 0.0740. The lowest BCUT2D eigenvalue weighted by molar-refractivity contribution is -0.146. The molecule has 0 saturated carbocycles. The van der Waals surface area contributed by atoms with Gasteiger partial charge in [-0.1, -0.05) is 61.5 Å². The summed E-state index contributed by atoms with van der Waals surface area (Å²) in [4.78, 5) is 12.1. The zero-order chi connectivity index (χ0) is 14.9. The first-order valence-corrected chi connectivity index (χ1v) is 7.37. The third kappa shape index (κ3) is 2.35. The molecule has 108 valence electrons. The molecule has 1 aliphatic carbocycles. The average Bonchev–Trinajstić information content (AvgIpc) is 2.55. The fraction of sp³-hybridized carbons (Fsp3) is 0.316. The maximum atomic E-state index is 12.1. The van der Waals surface area contributed by atoms with Gasteiger partial charge in [-0.25, -0.2) is 0 Å². The fourth-order valence-corrected chi connectivity index (χ4v) is 3.59. The van der Waals surface area contributed by atoms with Gasteiger partial charge in [-0.3, -0.25) is 4.79 Å². The molecule has 1 aliphatic rings. The van der Waals surface area contributed by atoms with Gasteiger partial charge in [0.25, 0.3) is 0 Å². The smallest absolute Gasteiger partial charge is 0.309 e. The van der Waals surface area contributed by atoms with Gasteiger partial charge >= 0.3 is 5.97 Å². The molecule has 0 N–H and O–H groups in total. The van der Waals surface area contributed by atoms with E-state index in [9.17, 15) is 4.79 Å². The summed E-state index contributed by atoms with van der Waals surface area (Å²) in [6.07, 6.45) is 1.56. The monoisotopic (exact) mass is 280 g/mol. The maximum absolute atomic E-state index is 12.1. The molecule has 0 radical (unpaired) electrons. The van der Waals surface area contributed by atoms with Crippen LogP contribution in [0.25, 0.3) is 0 Å². The van der Waals surface area contributed by atoms with E-state index in [0.717, 1.165) is 12.8 Å². The van der Waals surface area contributed by atoms with Crippen LogP contribution in [-0.4, -0.2) is 13.1 Å². The molecule has 21 heavy (non-hydrogen) atoms. The van der Waals surface area contributed by atoms with Crippen LogP contribution >= 0.6 is 0 Å². The lowest BCUT2D eigenvalue weighted by Gasteiger charge is -2.39. The first-order chi connectivity index (χ1) is 10.1. The number of carbonyl (C=O) groups is 1. The Hall–Kier alpha value is -2.09. The van der Waals surface area contributed by atoms with Crippen molar-refractivity contribution in [2.24, 2.45) is 5.92 Å². The van der Waals surface area contributed by atoms with Gasteiger partial charge in [0, 0.05) is 5.41 Å². The van der Waals surface area contributed by atoms with Gasteiger partial charge < -0.3 is 4.74 Å². The molecular weight excluding hydrogens is 260 g/mol. The Balaban J connectivity index is 2.12. The van der Waals surface area contributed by atoms with Crippen molar-refractivity contribution in [3.8, 4) is 0 Å². The van der Waals surface area contributed by atoms with Crippen LogP contribution in [0, 0.1) is 5.92 Å². The van der Waals surface area contributed by atoms with E-state index >= 15 is 0 Å². The van der Waals surface area contributed by atoms with Gasteiger partial charge in [0.2, 0.25) is 0 Å². The Morgan fingerprint density at radius 3 is 2.48 bits per heavy atom. The van der Waals surface area contributed by atoms with Crippen molar-refractivity contribution < 1.29 is 9.53 Å². The highest BCUT2D eigenvalue weighted by molar-refractivity contribution is 5.74. The van der Waals surface area contributed by atoms with Crippen molar-refractivity contribution in [3.63, 3.8) is 0 Å². The summed E-state index contributed by atoms with van der Waals surface area (Å²) in [5.74, 6) is -0.179. The van der Waals surface area contributed by atoms with Gasteiger partial charge in [-0.05, 0) is 29.5 Å². The normalized spacial score (nSPS) is 24.2. The Morgan fingerprint density at radius 2 is 1.76 bits per heavy atom. The second-order valence-corrected chi connectivity index (χ2v) is 5.98. The Morgan fingerprint density at radius 1 is 1.10 bits per heavy atom. The molecule has 0 aliphatic heterocycles. The molecule has 2 nitrogen and oxygen atoms in total. The second kappa shape index (κ2) is 5.36. The molecule has 0 fully saturated rings.